The van der Waals surface area contributed by atoms with Crippen LogP contribution in [0.25, 0.3) is 0 Å². The first-order chi connectivity index (χ1) is 21.7. The maximum Gasteiger partial charge on any atom is 0.193 e. The highest BCUT2D eigenvalue weighted by Crippen LogP contribution is 2.47. The SMILES string of the molecule is CC[Si](CC)(CC)OCC[C@H]1CC[C@@H]2O[C@@H]([C@H](/C=C/I)O[Si](C)(C)C(C)(C)C)C(O[Si](C)(C)C(C)(C)C)C(O[Si](C)(C)C(C)(C)C)[C@H]2O1. The summed E-state index contributed by atoms with van der Waals surface area (Å²) in [6.07, 6.45) is 3.74. The number of halogens is 1. The lowest BCUT2D eigenvalue weighted by atomic mass is 9.87. The van der Waals surface area contributed by atoms with Gasteiger partial charge < -0.3 is 27.2 Å². The Kier molecular flexibility index (Phi) is 16.1. The van der Waals surface area contributed by atoms with Crippen LogP contribution < -0.4 is 0 Å². The molecule has 2 unspecified atom stereocenters. The highest BCUT2D eigenvalue weighted by Gasteiger charge is 2.57. The summed E-state index contributed by atoms with van der Waals surface area (Å²) in [5.41, 5.74) is 0. The van der Waals surface area contributed by atoms with Crippen LogP contribution >= 0.6 is 22.6 Å². The Morgan fingerprint density at radius 2 is 1.19 bits per heavy atom. The fourth-order valence-corrected chi connectivity index (χ4v) is 13.0. The van der Waals surface area contributed by atoms with E-state index in [0.29, 0.717) is 0 Å². The summed E-state index contributed by atoms with van der Waals surface area (Å²) in [5.74, 6) is 0. The van der Waals surface area contributed by atoms with E-state index in [9.17, 15) is 0 Å². The van der Waals surface area contributed by atoms with Gasteiger partial charge in [-0.25, -0.2) is 0 Å². The molecule has 2 rings (SSSR count). The average molecular weight is 857 g/mol. The summed E-state index contributed by atoms with van der Waals surface area (Å²) in [6, 6.07) is 3.51. The lowest BCUT2D eigenvalue weighted by molar-refractivity contribution is -0.267. The Morgan fingerprint density at radius 3 is 1.62 bits per heavy atom. The van der Waals surface area contributed by atoms with Gasteiger partial charge in [0, 0.05) is 6.61 Å². The monoisotopic (exact) mass is 856 g/mol. The lowest BCUT2D eigenvalue weighted by Crippen LogP contribution is -2.69. The summed E-state index contributed by atoms with van der Waals surface area (Å²) in [5, 5.41) is 0.116. The van der Waals surface area contributed by atoms with Crippen molar-refractivity contribution in [3.63, 3.8) is 0 Å². The van der Waals surface area contributed by atoms with Crippen LogP contribution in [0.2, 0.25) is 72.5 Å². The standard InChI is InChI=1S/C37H77IO6Si4/c1-19-48(20-2,21-3)39-27-25-28-22-23-29-31(40-28)33(43-46(15,16)36(7,8)9)34(44-47(17,18)37(10,11)12)32(41-29)30(24-26-38)42-45(13,14)35(4,5)6/h24,26,28-34H,19-23,25,27H2,1-18H3/b26-24+/t28-,29+,30+,31+,32+,33?,34?/m1/s1. The van der Waals surface area contributed by atoms with Gasteiger partial charge in [0.05, 0.1) is 18.3 Å². The van der Waals surface area contributed by atoms with Gasteiger partial charge in [-0.2, -0.15) is 0 Å². The molecule has 0 aromatic rings. The van der Waals surface area contributed by atoms with Crippen LogP contribution in [0.3, 0.4) is 0 Å². The molecule has 0 saturated carbocycles. The Labute approximate surface area is 315 Å². The second kappa shape index (κ2) is 17.1. The van der Waals surface area contributed by atoms with Gasteiger partial charge in [-0.05, 0) is 102 Å². The van der Waals surface area contributed by atoms with Crippen molar-refractivity contribution >= 4 is 55.9 Å². The smallest absolute Gasteiger partial charge is 0.193 e. The molecule has 2 saturated heterocycles. The van der Waals surface area contributed by atoms with E-state index < -0.39 is 33.3 Å². The van der Waals surface area contributed by atoms with Gasteiger partial charge in [0.1, 0.15) is 24.4 Å². The van der Waals surface area contributed by atoms with Gasteiger partial charge in [-0.3, -0.25) is 0 Å². The molecule has 0 amide bonds. The van der Waals surface area contributed by atoms with Crippen molar-refractivity contribution < 1.29 is 27.2 Å². The molecule has 48 heavy (non-hydrogen) atoms. The van der Waals surface area contributed by atoms with Crippen molar-refractivity contribution in [1.29, 1.82) is 0 Å². The maximum atomic E-state index is 7.54. The normalized spacial score (nSPS) is 27.7. The van der Waals surface area contributed by atoms with Crippen LogP contribution in [0.15, 0.2) is 10.2 Å². The van der Waals surface area contributed by atoms with Crippen molar-refractivity contribution in [3.8, 4) is 0 Å². The Hall–Kier alpha value is 1.10. The van der Waals surface area contributed by atoms with E-state index in [-0.39, 0.29) is 57.8 Å². The molecular formula is C37H77IO6Si4. The van der Waals surface area contributed by atoms with Crippen LogP contribution in [-0.2, 0) is 27.2 Å². The number of hydrogen-bond acceptors (Lipinski definition) is 6. The van der Waals surface area contributed by atoms with Crippen molar-refractivity contribution in [2.45, 2.75) is 218 Å². The van der Waals surface area contributed by atoms with Gasteiger partial charge in [0.15, 0.2) is 33.3 Å². The molecule has 0 aromatic carbocycles. The lowest BCUT2D eigenvalue weighted by Gasteiger charge is -2.56. The van der Waals surface area contributed by atoms with Crippen molar-refractivity contribution in [3.05, 3.63) is 10.2 Å². The molecule has 0 bridgehead atoms. The number of hydrogen-bond donors (Lipinski definition) is 0. The van der Waals surface area contributed by atoms with Crippen LogP contribution in [0.4, 0.5) is 0 Å². The van der Waals surface area contributed by atoms with Crippen LogP contribution in [0.1, 0.15) is 102 Å². The van der Waals surface area contributed by atoms with Gasteiger partial charge >= 0.3 is 0 Å². The fourth-order valence-electron chi connectivity index (χ4n) is 6.03. The van der Waals surface area contributed by atoms with E-state index in [2.05, 4.69) is 155 Å². The summed E-state index contributed by atoms with van der Waals surface area (Å²) in [6.45, 7) is 42.6. The van der Waals surface area contributed by atoms with Gasteiger partial charge in [-0.1, -0.05) is 106 Å². The van der Waals surface area contributed by atoms with Crippen LogP contribution in [-0.4, -0.2) is 82.6 Å². The molecule has 0 spiro atoms. The molecule has 2 aliphatic rings. The van der Waals surface area contributed by atoms with E-state index in [1.54, 1.807) is 0 Å². The molecule has 284 valence electrons. The van der Waals surface area contributed by atoms with Crippen molar-refractivity contribution in [2.24, 2.45) is 0 Å². The van der Waals surface area contributed by atoms with E-state index in [0.717, 1.165) is 25.9 Å². The van der Waals surface area contributed by atoms with E-state index in [1.165, 1.54) is 18.1 Å². The van der Waals surface area contributed by atoms with Crippen LogP contribution in [0.5, 0.6) is 0 Å². The molecule has 2 aliphatic heterocycles. The molecule has 2 fully saturated rings. The molecule has 0 aromatic heterocycles. The largest absolute Gasteiger partial charge is 0.417 e. The predicted octanol–water partition coefficient (Wildman–Crippen LogP) is 11.8. The highest BCUT2D eigenvalue weighted by atomic mass is 127. The molecule has 0 aliphatic carbocycles. The van der Waals surface area contributed by atoms with Gasteiger partial charge in [-0.15, -0.1) is 0 Å². The second-order valence-electron chi connectivity index (χ2n) is 19.2. The van der Waals surface area contributed by atoms with E-state index in [1.807, 2.05) is 0 Å². The summed E-state index contributed by atoms with van der Waals surface area (Å²) in [4.78, 5) is 0. The Morgan fingerprint density at radius 1 is 0.708 bits per heavy atom. The predicted molar refractivity (Wildman–Crippen MR) is 224 cm³/mol. The summed E-state index contributed by atoms with van der Waals surface area (Å²) < 4.78 is 45.5. The number of ether oxygens (including phenoxy) is 2. The zero-order valence-corrected chi connectivity index (χ0v) is 40.6. The third-order valence-electron chi connectivity index (χ3n) is 12.9. The fraction of sp³-hybridized carbons (Fsp3) is 0.946. The minimum absolute atomic E-state index is 0.0202. The average Bonchev–Trinajstić information content (AvgIpc) is 2.94. The van der Waals surface area contributed by atoms with Gasteiger partial charge in [0.2, 0.25) is 0 Å². The maximum absolute atomic E-state index is 7.54. The number of fused-ring (bicyclic) bond motifs is 1. The van der Waals surface area contributed by atoms with E-state index >= 15 is 0 Å². The van der Waals surface area contributed by atoms with E-state index in [4.69, 9.17) is 27.2 Å². The molecule has 6 nitrogen and oxygen atoms in total. The molecule has 11 heteroatoms. The Bertz CT molecular complexity index is 1020. The van der Waals surface area contributed by atoms with Crippen molar-refractivity contribution in [1.82, 2.24) is 0 Å². The third kappa shape index (κ3) is 11.1. The molecular weight excluding hydrogens is 780 g/mol. The second-order valence-corrected chi connectivity index (χ2v) is 38.9. The number of rotatable bonds is 15. The minimum Gasteiger partial charge on any atom is -0.417 e. The molecule has 0 radical (unpaired) electrons. The molecule has 7 atom stereocenters. The highest BCUT2D eigenvalue weighted by molar-refractivity contribution is 14.1. The van der Waals surface area contributed by atoms with Gasteiger partial charge in [0.25, 0.3) is 0 Å². The first kappa shape index (κ1) is 45.3. The summed E-state index contributed by atoms with van der Waals surface area (Å²) in [7, 11) is -8.34. The summed E-state index contributed by atoms with van der Waals surface area (Å²) >= 11 is 2.33. The topological polar surface area (TPSA) is 55.4 Å². The first-order valence-electron chi connectivity index (χ1n) is 19.0. The zero-order valence-electron chi connectivity index (χ0n) is 34.5. The van der Waals surface area contributed by atoms with Crippen molar-refractivity contribution in [2.75, 3.05) is 6.61 Å². The quantitative estimate of drug-likeness (QED) is 0.121. The Balaban J connectivity index is 2.65. The third-order valence-corrected chi connectivity index (χ3v) is 31.4. The molecule has 0 N–H and O–H groups in total. The zero-order chi connectivity index (χ0) is 37.1. The van der Waals surface area contributed by atoms with Crippen LogP contribution in [0, 0.1) is 0 Å². The molecule has 2 heterocycles. The first-order valence-corrected chi connectivity index (χ1v) is 31.5. The minimum atomic E-state index is -2.28.